The first-order chi connectivity index (χ1) is 16.1. The van der Waals surface area contributed by atoms with Crippen LogP contribution in [0.5, 0.6) is 0 Å². The second-order valence-electron chi connectivity index (χ2n) is 7.85. The SMILES string of the molecule is CCn1c2ccccc2c2cc(NC(=O)C(C)Sc3nnc(-c4cccnc4)n3C)ccc21. The molecule has 0 aliphatic carbocycles. The molecule has 0 fully saturated rings. The number of anilines is 1. The van der Waals surface area contributed by atoms with Crippen LogP contribution < -0.4 is 5.32 Å². The molecule has 1 atom stereocenters. The number of thioether (sulfide) groups is 1. The number of hydrogen-bond donors (Lipinski definition) is 1. The Bertz CT molecular complexity index is 1460. The molecular weight excluding hydrogens is 432 g/mol. The van der Waals surface area contributed by atoms with Gasteiger partial charge in [0.15, 0.2) is 11.0 Å². The molecule has 3 aromatic heterocycles. The van der Waals surface area contributed by atoms with E-state index >= 15 is 0 Å². The van der Waals surface area contributed by atoms with Gasteiger partial charge in [-0.2, -0.15) is 0 Å². The number of para-hydroxylation sites is 1. The van der Waals surface area contributed by atoms with Crippen molar-refractivity contribution < 1.29 is 4.79 Å². The van der Waals surface area contributed by atoms with Crippen molar-refractivity contribution in [1.82, 2.24) is 24.3 Å². The van der Waals surface area contributed by atoms with Gasteiger partial charge in [-0.1, -0.05) is 30.0 Å². The smallest absolute Gasteiger partial charge is 0.237 e. The maximum atomic E-state index is 13.0. The number of amides is 1. The number of pyridine rings is 1. The minimum Gasteiger partial charge on any atom is -0.341 e. The highest BCUT2D eigenvalue weighted by atomic mass is 32.2. The number of carbonyl (C=O) groups is 1. The lowest BCUT2D eigenvalue weighted by atomic mass is 10.1. The molecule has 2 aromatic carbocycles. The Morgan fingerprint density at radius 2 is 1.88 bits per heavy atom. The Balaban J connectivity index is 1.36. The summed E-state index contributed by atoms with van der Waals surface area (Å²) in [7, 11) is 1.90. The first-order valence-electron chi connectivity index (χ1n) is 10.8. The van der Waals surface area contributed by atoms with Crippen molar-refractivity contribution in [1.29, 1.82) is 0 Å². The lowest BCUT2D eigenvalue weighted by molar-refractivity contribution is -0.115. The number of aromatic nitrogens is 5. The van der Waals surface area contributed by atoms with Crippen LogP contribution in [0, 0.1) is 0 Å². The predicted molar refractivity (Wildman–Crippen MR) is 133 cm³/mol. The van der Waals surface area contributed by atoms with E-state index in [1.54, 1.807) is 12.4 Å². The average Bonchev–Trinajstić information content (AvgIpc) is 3.36. The van der Waals surface area contributed by atoms with Crippen LogP contribution in [-0.2, 0) is 18.4 Å². The van der Waals surface area contributed by atoms with Crippen molar-refractivity contribution in [2.24, 2.45) is 7.05 Å². The highest BCUT2D eigenvalue weighted by Crippen LogP contribution is 2.31. The Kier molecular flexibility index (Phi) is 5.60. The molecule has 0 saturated carbocycles. The minimum absolute atomic E-state index is 0.0792. The van der Waals surface area contributed by atoms with Crippen molar-refractivity contribution in [2.75, 3.05) is 5.32 Å². The number of carbonyl (C=O) groups excluding carboxylic acids is 1. The zero-order valence-corrected chi connectivity index (χ0v) is 19.5. The zero-order chi connectivity index (χ0) is 22.9. The van der Waals surface area contributed by atoms with Crippen molar-refractivity contribution in [3.63, 3.8) is 0 Å². The van der Waals surface area contributed by atoms with Crippen molar-refractivity contribution in [3.05, 3.63) is 67.0 Å². The largest absolute Gasteiger partial charge is 0.341 e. The molecule has 7 nitrogen and oxygen atoms in total. The molecule has 0 saturated heterocycles. The van der Waals surface area contributed by atoms with Gasteiger partial charge in [0.25, 0.3) is 0 Å². The van der Waals surface area contributed by atoms with E-state index in [0.717, 1.165) is 29.0 Å². The molecule has 5 rings (SSSR count). The molecule has 33 heavy (non-hydrogen) atoms. The van der Waals surface area contributed by atoms with Crippen molar-refractivity contribution in [3.8, 4) is 11.4 Å². The van der Waals surface area contributed by atoms with Crippen LogP contribution >= 0.6 is 11.8 Å². The third-order valence-corrected chi connectivity index (χ3v) is 6.90. The molecule has 3 heterocycles. The molecule has 0 radical (unpaired) electrons. The predicted octanol–water partition coefficient (Wildman–Crippen LogP) is 5.12. The van der Waals surface area contributed by atoms with Gasteiger partial charge in [-0.05, 0) is 50.2 Å². The number of fused-ring (bicyclic) bond motifs is 3. The minimum atomic E-state index is -0.345. The Morgan fingerprint density at radius 3 is 2.67 bits per heavy atom. The number of nitrogens with one attached hydrogen (secondary N) is 1. The summed E-state index contributed by atoms with van der Waals surface area (Å²) in [5.74, 6) is 0.639. The summed E-state index contributed by atoms with van der Waals surface area (Å²) in [6, 6.07) is 18.3. The monoisotopic (exact) mass is 456 g/mol. The van der Waals surface area contributed by atoms with E-state index in [-0.39, 0.29) is 11.2 Å². The number of benzene rings is 2. The van der Waals surface area contributed by atoms with Crippen molar-refractivity contribution >= 4 is 45.2 Å². The molecule has 5 aromatic rings. The molecular formula is C25H24N6OS. The number of aryl methyl sites for hydroxylation is 1. The maximum Gasteiger partial charge on any atom is 0.237 e. The summed E-state index contributed by atoms with van der Waals surface area (Å²) in [6.45, 7) is 4.91. The molecule has 0 aliphatic rings. The van der Waals surface area contributed by atoms with Crippen LogP contribution in [0.4, 0.5) is 5.69 Å². The van der Waals surface area contributed by atoms with Gasteiger partial charge < -0.3 is 14.5 Å². The molecule has 1 N–H and O–H groups in total. The maximum absolute atomic E-state index is 13.0. The Labute approximate surface area is 195 Å². The van der Waals surface area contributed by atoms with Gasteiger partial charge in [0.2, 0.25) is 5.91 Å². The summed E-state index contributed by atoms with van der Waals surface area (Å²) in [6.07, 6.45) is 3.47. The van der Waals surface area contributed by atoms with Crippen LogP contribution in [0.1, 0.15) is 13.8 Å². The second-order valence-corrected chi connectivity index (χ2v) is 9.16. The van der Waals surface area contributed by atoms with Gasteiger partial charge in [0, 0.05) is 59.0 Å². The fourth-order valence-electron chi connectivity index (χ4n) is 4.09. The van der Waals surface area contributed by atoms with Gasteiger partial charge in [-0.25, -0.2) is 0 Å². The van der Waals surface area contributed by atoms with E-state index in [0.29, 0.717) is 5.16 Å². The van der Waals surface area contributed by atoms with Crippen molar-refractivity contribution in [2.45, 2.75) is 30.8 Å². The first-order valence-corrected chi connectivity index (χ1v) is 11.7. The van der Waals surface area contributed by atoms with Crippen LogP contribution in [0.2, 0.25) is 0 Å². The van der Waals surface area contributed by atoms with E-state index in [4.69, 9.17) is 0 Å². The fraction of sp³-hybridized carbons (Fsp3) is 0.200. The first kappa shape index (κ1) is 21.2. The number of rotatable bonds is 6. The van der Waals surface area contributed by atoms with Crippen LogP contribution in [0.25, 0.3) is 33.2 Å². The average molecular weight is 457 g/mol. The van der Waals surface area contributed by atoms with E-state index in [9.17, 15) is 4.79 Å². The van der Waals surface area contributed by atoms with E-state index in [2.05, 4.69) is 62.3 Å². The normalized spacial score (nSPS) is 12.3. The standard InChI is InChI=1S/C25H24N6OS/c1-4-31-21-10-6-5-9-19(21)20-14-18(11-12-22(20)31)27-24(32)16(2)33-25-29-28-23(30(25)3)17-8-7-13-26-15-17/h5-16H,4H2,1-3H3,(H,27,32). The lowest BCUT2D eigenvalue weighted by Gasteiger charge is -2.12. The topological polar surface area (TPSA) is 77.6 Å². The molecule has 8 heteroatoms. The molecule has 0 spiro atoms. The van der Waals surface area contributed by atoms with Crippen LogP contribution in [0.3, 0.4) is 0 Å². The quantitative estimate of drug-likeness (QED) is 0.359. The molecule has 0 aliphatic heterocycles. The van der Waals surface area contributed by atoms with E-state index < -0.39 is 0 Å². The van der Waals surface area contributed by atoms with E-state index in [1.807, 2.05) is 42.8 Å². The molecule has 1 unspecified atom stereocenters. The summed E-state index contributed by atoms with van der Waals surface area (Å²) in [5.41, 5.74) is 4.04. The molecule has 166 valence electrons. The highest BCUT2D eigenvalue weighted by Gasteiger charge is 2.20. The zero-order valence-electron chi connectivity index (χ0n) is 18.7. The number of nitrogens with zero attached hydrogens (tertiary/aromatic N) is 5. The van der Waals surface area contributed by atoms with Gasteiger partial charge in [0.05, 0.1) is 5.25 Å². The van der Waals surface area contributed by atoms with Crippen LogP contribution in [-0.4, -0.2) is 35.5 Å². The third-order valence-electron chi connectivity index (χ3n) is 5.76. The van der Waals surface area contributed by atoms with Gasteiger partial charge in [-0.15, -0.1) is 10.2 Å². The van der Waals surface area contributed by atoms with E-state index in [1.165, 1.54) is 28.2 Å². The van der Waals surface area contributed by atoms with Crippen LogP contribution in [0.15, 0.2) is 72.1 Å². The summed E-state index contributed by atoms with van der Waals surface area (Å²) < 4.78 is 4.18. The summed E-state index contributed by atoms with van der Waals surface area (Å²) in [4.78, 5) is 17.1. The van der Waals surface area contributed by atoms with Gasteiger partial charge in [0.1, 0.15) is 0 Å². The second kappa shape index (κ2) is 8.71. The highest BCUT2D eigenvalue weighted by molar-refractivity contribution is 8.00. The summed E-state index contributed by atoms with van der Waals surface area (Å²) >= 11 is 1.38. The summed E-state index contributed by atoms with van der Waals surface area (Å²) in [5, 5.41) is 14.3. The Hall–Kier alpha value is -3.65. The fourth-order valence-corrected chi connectivity index (χ4v) is 4.91. The Morgan fingerprint density at radius 1 is 1.06 bits per heavy atom. The third kappa shape index (κ3) is 3.87. The number of hydrogen-bond acceptors (Lipinski definition) is 5. The molecule has 1 amide bonds. The van der Waals surface area contributed by atoms with Gasteiger partial charge >= 0.3 is 0 Å². The lowest BCUT2D eigenvalue weighted by Crippen LogP contribution is -2.22. The van der Waals surface area contributed by atoms with Gasteiger partial charge in [-0.3, -0.25) is 9.78 Å². The molecule has 0 bridgehead atoms.